The summed E-state index contributed by atoms with van der Waals surface area (Å²) in [7, 11) is -3.74. The van der Waals surface area contributed by atoms with Crippen molar-refractivity contribution in [2.45, 2.75) is 62.3 Å². The Balaban J connectivity index is 1.52. The van der Waals surface area contributed by atoms with Crippen molar-refractivity contribution in [2.75, 3.05) is 24.6 Å². The number of nitrogens with zero attached hydrogens (tertiary/aromatic N) is 3. The van der Waals surface area contributed by atoms with E-state index in [4.69, 9.17) is 9.72 Å². The van der Waals surface area contributed by atoms with Crippen LogP contribution >= 0.6 is 22.7 Å². The molecule has 0 aliphatic carbocycles. The number of ether oxygens (including phenoxy) is 1. The van der Waals surface area contributed by atoms with Crippen LogP contribution in [0.2, 0.25) is 0 Å². The summed E-state index contributed by atoms with van der Waals surface area (Å²) in [6.45, 7) is 5.52. The molecule has 182 valence electrons. The molecule has 0 spiro atoms. The third-order valence-electron chi connectivity index (χ3n) is 6.51. The van der Waals surface area contributed by atoms with Crippen molar-refractivity contribution in [2.24, 2.45) is 0 Å². The Morgan fingerprint density at radius 2 is 2.09 bits per heavy atom. The predicted molar refractivity (Wildman–Crippen MR) is 136 cm³/mol. The van der Waals surface area contributed by atoms with Crippen molar-refractivity contribution in [1.82, 2.24) is 9.29 Å². The smallest absolute Gasteiger partial charge is 0.253 e. The van der Waals surface area contributed by atoms with E-state index in [-0.39, 0.29) is 16.2 Å². The first-order valence-electron chi connectivity index (χ1n) is 11.7. The monoisotopic (exact) mass is 519 g/mol. The highest BCUT2D eigenvalue weighted by atomic mass is 32.2. The number of thiazole rings is 1. The molecule has 2 aliphatic heterocycles. The van der Waals surface area contributed by atoms with Crippen molar-refractivity contribution >= 4 is 54.0 Å². The van der Waals surface area contributed by atoms with Crippen molar-refractivity contribution in [1.29, 1.82) is 0 Å². The second-order valence-electron chi connectivity index (χ2n) is 9.07. The van der Waals surface area contributed by atoms with Gasteiger partial charge < -0.3 is 4.74 Å². The van der Waals surface area contributed by atoms with Gasteiger partial charge in [0.15, 0.2) is 5.13 Å². The Kier molecular flexibility index (Phi) is 6.78. The molecule has 2 fully saturated rings. The van der Waals surface area contributed by atoms with Gasteiger partial charge in [0.05, 0.1) is 22.9 Å². The van der Waals surface area contributed by atoms with Gasteiger partial charge in [0.1, 0.15) is 10.3 Å². The lowest BCUT2D eigenvalue weighted by atomic mass is 10.0. The number of hydrogen-bond donors (Lipinski definition) is 0. The van der Waals surface area contributed by atoms with Gasteiger partial charge in [-0.05, 0) is 68.2 Å². The fraction of sp³-hybridized carbons (Fsp3) is 0.500. The summed E-state index contributed by atoms with van der Waals surface area (Å²) in [6, 6.07) is 6.75. The number of thiophene rings is 1. The maximum atomic E-state index is 14.1. The summed E-state index contributed by atoms with van der Waals surface area (Å²) in [6.07, 6.45) is 3.86. The minimum atomic E-state index is -3.74. The number of benzene rings is 1. The lowest BCUT2D eigenvalue weighted by molar-refractivity contribution is -0.123. The Hall–Kier alpha value is -1.85. The minimum Gasteiger partial charge on any atom is -0.376 e. The molecule has 2 aromatic heterocycles. The Morgan fingerprint density at radius 1 is 1.24 bits per heavy atom. The maximum Gasteiger partial charge on any atom is 0.253 e. The van der Waals surface area contributed by atoms with Crippen LogP contribution in [0.15, 0.2) is 33.9 Å². The minimum absolute atomic E-state index is 0.0651. The van der Waals surface area contributed by atoms with Gasteiger partial charge in [-0.1, -0.05) is 29.9 Å². The molecular formula is C24H29N3O4S3. The zero-order valence-electron chi connectivity index (χ0n) is 19.4. The molecule has 0 saturated carbocycles. The molecule has 0 radical (unpaired) electrons. The van der Waals surface area contributed by atoms with E-state index < -0.39 is 16.1 Å². The quantitative estimate of drug-likeness (QED) is 0.470. The van der Waals surface area contributed by atoms with Crippen molar-refractivity contribution in [3.05, 3.63) is 40.8 Å². The van der Waals surface area contributed by atoms with E-state index in [2.05, 4.69) is 13.0 Å². The molecule has 10 heteroatoms. The van der Waals surface area contributed by atoms with E-state index in [0.29, 0.717) is 31.2 Å². The van der Waals surface area contributed by atoms with Crippen LogP contribution in [0.25, 0.3) is 10.2 Å². The van der Waals surface area contributed by atoms with Crippen LogP contribution in [0.3, 0.4) is 0 Å². The number of aromatic nitrogens is 1. The van der Waals surface area contributed by atoms with Crippen LogP contribution in [0, 0.1) is 13.8 Å². The summed E-state index contributed by atoms with van der Waals surface area (Å²) in [5, 5.41) is 2.37. The average molecular weight is 520 g/mol. The Bertz CT molecular complexity index is 1280. The van der Waals surface area contributed by atoms with Gasteiger partial charge in [0, 0.05) is 13.2 Å². The highest BCUT2D eigenvalue weighted by Gasteiger charge is 2.41. The number of sulfonamides is 1. The van der Waals surface area contributed by atoms with Crippen LogP contribution in [0.5, 0.6) is 0 Å². The highest BCUT2D eigenvalue weighted by molar-refractivity contribution is 7.91. The first-order chi connectivity index (χ1) is 16.3. The summed E-state index contributed by atoms with van der Waals surface area (Å²) in [5.41, 5.74) is 3.12. The maximum absolute atomic E-state index is 14.1. The number of carbonyl (C=O) groups excluding carboxylic acids is 1. The topological polar surface area (TPSA) is 79.8 Å². The van der Waals surface area contributed by atoms with Crippen molar-refractivity contribution in [3.8, 4) is 0 Å². The molecule has 2 atom stereocenters. The molecule has 1 aromatic carbocycles. The molecule has 2 unspecified atom stereocenters. The number of aryl methyl sites for hydroxylation is 2. The predicted octanol–water partition coefficient (Wildman–Crippen LogP) is 4.73. The number of rotatable bonds is 6. The van der Waals surface area contributed by atoms with Gasteiger partial charge in [-0.25, -0.2) is 13.4 Å². The first-order valence-corrected chi connectivity index (χ1v) is 14.8. The Morgan fingerprint density at radius 3 is 2.82 bits per heavy atom. The third-order valence-corrected chi connectivity index (χ3v) is 11.0. The summed E-state index contributed by atoms with van der Waals surface area (Å²) in [5.74, 6) is -0.205. The standard InChI is InChI=1S/C24H29N3O4S3/c1-16-13-17(2)22-19(14-16)25-24(33-22)26(15-18-7-5-11-31-18)23(28)20-8-3-4-10-27(20)34(29,30)21-9-6-12-32-21/h6,9,12-14,18,20H,3-5,7-8,10-11,15H2,1-2H3. The molecule has 0 N–H and O–H groups in total. The van der Waals surface area contributed by atoms with Crippen LogP contribution in [-0.2, 0) is 19.6 Å². The molecule has 4 heterocycles. The largest absolute Gasteiger partial charge is 0.376 e. The highest BCUT2D eigenvalue weighted by Crippen LogP contribution is 2.35. The van der Waals surface area contributed by atoms with Gasteiger partial charge >= 0.3 is 0 Å². The molecule has 1 amide bonds. The molecule has 3 aromatic rings. The number of anilines is 1. The van der Waals surface area contributed by atoms with Gasteiger partial charge in [0.25, 0.3) is 10.0 Å². The van der Waals surface area contributed by atoms with Crippen LogP contribution in [-0.4, -0.2) is 55.5 Å². The fourth-order valence-electron chi connectivity index (χ4n) is 4.88. The van der Waals surface area contributed by atoms with Crippen LogP contribution < -0.4 is 4.90 Å². The molecule has 5 rings (SSSR count). The van der Waals surface area contributed by atoms with Crippen LogP contribution in [0.1, 0.15) is 43.2 Å². The normalized spacial score (nSPS) is 21.8. The zero-order valence-corrected chi connectivity index (χ0v) is 21.8. The lowest BCUT2D eigenvalue weighted by Gasteiger charge is -2.36. The Labute approximate surface area is 208 Å². The summed E-state index contributed by atoms with van der Waals surface area (Å²) in [4.78, 5) is 20.6. The second-order valence-corrected chi connectivity index (χ2v) is 13.1. The van der Waals surface area contributed by atoms with Crippen molar-refractivity contribution < 1.29 is 17.9 Å². The van der Waals surface area contributed by atoms with Crippen LogP contribution in [0.4, 0.5) is 5.13 Å². The fourth-order valence-corrected chi connectivity index (χ4v) is 8.68. The molecular weight excluding hydrogens is 490 g/mol. The lowest BCUT2D eigenvalue weighted by Crippen LogP contribution is -2.54. The number of hydrogen-bond acceptors (Lipinski definition) is 7. The third kappa shape index (κ3) is 4.54. The van der Waals surface area contributed by atoms with Crippen molar-refractivity contribution in [3.63, 3.8) is 0 Å². The summed E-state index contributed by atoms with van der Waals surface area (Å²) < 4.78 is 35.4. The number of fused-ring (bicyclic) bond motifs is 1. The SMILES string of the molecule is Cc1cc(C)c2sc(N(CC3CCCO3)C(=O)C3CCCCN3S(=O)(=O)c3cccs3)nc2c1. The number of carbonyl (C=O) groups is 1. The van der Waals surface area contributed by atoms with Gasteiger partial charge in [-0.15, -0.1) is 11.3 Å². The van der Waals surface area contributed by atoms with Gasteiger partial charge in [-0.2, -0.15) is 4.31 Å². The van der Waals surface area contributed by atoms with Gasteiger partial charge in [0.2, 0.25) is 5.91 Å². The van der Waals surface area contributed by atoms with E-state index in [1.807, 2.05) is 13.0 Å². The molecule has 2 aliphatic rings. The van der Waals surface area contributed by atoms with E-state index in [1.165, 1.54) is 27.0 Å². The second kappa shape index (κ2) is 9.66. The average Bonchev–Trinajstić information content (AvgIpc) is 3.59. The van der Waals surface area contributed by atoms with E-state index in [0.717, 1.165) is 47.0 Å². The van der Waals surface area contributed by atoms with E-state index >= 15 is 0 Å². The number of piperidine rings is 1. The summed E-state index contributed by atoms with van der Waals surface area (Å²) >= 11 is 2.68. The zero-order chi connectivity index (χ0) is 23.9. The molecule has 0 bridgehead atoms. The van der Waals surface area contributed by atoms with Gasteiger partial charge in [-0.3, -0.25) is 9.69 Å². The molecule has 7 nitrogen and oxygen atoms in total. The molecule has 2 saturated heterocycles. The molecule has 34 heavy (non-hydrogen) atoms. The first kappa shape index (κ1) is 23.9. The van der Waals surface area contributed by atoms with E-state index in [9.17, 15) is 13.2 Å². The number of amides is 1. The van der Waals surface area contributed by atoms with E-state index in [1.54, 1.807) is 22.4 Å².